The summed E-state index contributed by atoms with van der Waals surface area (Å²) in [5.74, 6) is 1.25. The molecular formula is C24H21ClN4O3. The van der Waals surface area contributed by atoms with Gasteiger partial charge in [0, 0.05) is 46.2 Å². The van der Waals surface area contributed by atoms with Crippen LogP contribution in [0.3, 0.4) is 0 Å². The molecule has 1 aliphatic heterocycles. The molecule has 5 rings (SSSR count). The SMILES string of the molecule is Cc1nc2cc(-c3ccc(Cl)cc3)nn2c(C)c1CCC(=O)Nc1ccc2c(c1)OCO2. The van der Waals surface area contributed by atoms with Gasteiger partial charge in [-0.25, -0.2) is 9.50 Å². The van der Waals surface area contributed by atoms with Crippen molar-refractivity contribution in [1.82, 2.24) is 14.6 Å². The van der Waals surface area contributed by atoms with Crippen LogP contribution in [0.5, 0.6) is 11.5 Å². The van der Waals surface area contributed by atoms with Crippen LogP contribution in [-0.2, 0) is 11.2 Å². The summed E-state index contributed by atoms with van der Waals surface area (Å²) in [5, 5.41) is 8.33. The van der Waals surface area contributed by atoms with E-state index in [9.17, 15) is 4.79 Å². The van der Waals surface area contributed by atoms with E-state index in [2.05, 4.69) is 5.32 Å². The van der Waals surface area contributed by atoms with Crippen LogP contribution in [0.1, 0.15) is 23.4 Å². The number of anilines is 1. The number of aryl methyl sites for hydroxylation is 2. The van der Waals surface area contributed by atoms with Crippen LogP contribution in [0.25, 0.3) is 16.9 Å². The second kappa shape index (κ2) is 8.16. The molecule has 162 valence electrons. The van der Waals surface area contributed by atoms with Gasteiger partial charge in [-0.1, -0.05) is 23.7 Å². The molecule has 7 nitrogen and oxygen atoms in total. The number of fused-ring (bicyclic) bond motifs is 2. The van der Waals surface area contributed by atoms with Crippen molar-refractivity contribution in [1.29, 1.82) is 0 Å². The van der Waals surface area contributed by atoms with E-state index in [1.165, 1.54) is 0 Å². The molecule has 8 heteroatoms. The van der Waals surface area contributed by atoms with E-state index in [0.717, 1.165) is 33.9 Å². The predicted octanol–water partition coefficient (Wildman–Crippen LogP) is 4.97. The number of ether oxygens (including phenoxy) is 2. The molecule has 1 aliphatic rings. The minimum absolute atomic E-state index is 0.0786. The summed E-state index contributed by atoms with van der Waals surface area (Å²) >= 11 is 6.00. The number of halogens is 1. The zero-order valence-corrected chi connectivity index (χ0v) is 18.4. The van der Waals surface area contributed by atoms with Crippen molar-refractivity contribution in [3.8, 4) is 22.8 Å². The van der Waals surface area contributed by atoms with Gasteiger partial charge in [-0.2, -0.15) is 5.10 Å². The first-order valence-corrected chi connectivity index (χ1v) is 10.7. The Morgan fingerprint density at radius 3 is 2.69 bits per heavy atom. The standard InChI is InChI=1S/C24H21ClN4O3/c1-14-19(8-10-24(30)27-18-7-9-21-22(11-18)32-13-31-21)15(2)29-23(26-14)12-20(28-29)16-3-5-17(25)6-4-16/h3-7,9,11-12H,8,10,13H2,1-2H3,(H,27,30). The molecule has 0 aliphatic carbocycles. The molecular weight excluding hydrogens is 428 g/mol. The lowest BCUT2D eigenvalue weighted by atomic mass is 10.1. The predicted molar refractivity (Wildman–Crippen MR) is 122 cm³/mol. The maximum Gasteiger partial charge on any atom is 0.231 e. The highest BCUT2D eigenvalue weighted by molar-refractivity contribution is 6.30. The minimum Gasteiger partial charge on any atom is -0.454 e. The second-order valence-corrected chi connectivity index (χ2v) is 8.12. The fourth-order valence-electron chi connectivity index (χ4n) is 3.89. The van der Waals surface area contributed by atoms with Crippen LogP contribution in [-0.4, -0.2) is 27.3 Å². The van der Waals surface area contributed by atoms with Crippen LogP contribution >= 0.6 is 11.6 Å². The van der Waals surface area contributed by atoms with E-state index < -0.39 is 0 Å². The Morgan fingerprint density at radius 1 is 1.09 bits per heavy atom. The minimum atomic E-state index is -0.0786. The number of benzene rings is 2. The largest absolute Gasteiger partial charge is 0.454 e. The first kappa shape index (κ1) is 20.3. The third-order valence-electron chi connectivity index (χ3n) is 5.56. The molecule has 1 N–H and O–H groups in total. The van der Waals surface area contributed by atoms with E-state index >= 15 is 0 Å². The molecule has 2 aromatic heterocycles. The molecule has 0 saturated heterocycles. The van der Waals surface area contributed by atoms with Gasteiger partial charge in [0.15, 0.2) is 17.1 Å². The van der Waals surface area contributed by atoms with Crippen molar-refractivity contribution < 1.29 is 14.3 Å². The van der Waals surface area contributed by atoms with Gasteiger partial charge in [-0.05, 0) is 50.1 Å². The summed E-state index contributed by atoms with van der Waals surface area (Å²) in [5.41, 5.74) is 6.15. The van der Waals surface area contributed by atoms with Gasteiger partial charge in [-0.3, -0.25) is 4.79 Å². The highest BCUT2D eigenvalue weighted by Crippen LogP contribution is 2.34. The van der Waals surface area contributed by atoms with Crippen LogP contribution in [0.4, 0.5) is 5.69 Å². The Balaban J connectivity index is 1.33. The van der Waals surface area contributed by atoms with Crippen LogP contribution in [0.15, 0.2) is 48.5 Å². The maximum atomic E-state index is 12.6. The Kier molecular flexibility index (Phi) is 5.19. The van der Waals surface area contributed by atoms with Crippen molar-refractivity contribution in [2.45, 2.75) is 26.7 Å². The monoisotopic (exact) mass is 448 g/mol. The maximum absolute atomic E-state index is 12.6. The molecule has 4 aromatic rings. The third kappa shape index (κ3) is 3.87. The number of nitrogens with one attached hydrogen (secondary N) is 1. The fraction of sp³-hybridized carbons (Fsp3) is 0.208. The first-order chi connectivity index (χ1) is 15.5. The van der Waals surface area contributed by atoms with Gasteiger partial charge in [0.2, 0.25) is 12.7 Å². The molecule has 32 heavy (non-hydrogen) atoms. The number of aromatic nitrogens is 3. The van der Waals surface area contributed by atoms with Gasteiger partial charge in [0.25, 0.3) is 0 Å². The summed E-state index contributed by atoms with van der Waals surface area (Å²) in [6.07, 6.45) is 0.891. The average molecular weight is 449 g/mol. The van der Waals surface area contributed by atoms with E-state index in [1.54, 1.807) is 18.2 Å². The summed E-state index contributed by atoms with van der Waals surface area (Å²) in [6.45, 7) is 4.17. The lowest BCUT2D eigenvalue weighted by Crippen LogP contribution is -2.14. The highest BCUT2D eigenvalue weighted by atomic mass is 35.5. The van der Waals surface area contributed by atoms with Gasteiger partial charge < -0.3 is 14.8 Å². The van der Waals surface area contributed by atoms with Gasteiger partial charge in [0.05, 0.1) is 5.69 Å². The van der Waals surface area contributed by atoms with Crippen molar-refractivity contribution in [3.05, 3.63) is 70.5 Å². The van der Waals surface area contributed by atoms with Gasteiger partial charge >= 0.3 is 0 Å². The molecule has 0 saturated carbocycles. The molecule has 0 unspecified atom stereocenters. The summed E-state index contributed by atoms with van der Waals surface area (Å²) in [4.78, 5) is 17.3. The van der Waals surface area contributed by atoms with Crippen molar-refractivity contribution in [2.75, 3.05) is 12.1 Å². The second-order valence-electron chi connectivity index (χ2n) is 7.68. The molecule has 3 heterocycles. The smallest absolute Gasteiger partial charge is 0.231 e. The number of hydrogen-bond donors (Lipinski definition) is 1. The van der Waals surface area contributed by atoms with E-state index in [0.29, 0.717) is 35.1 Å². The van der Waals surface area contributed by atoms with Crippen molar-refractivity contribution in [2.24, 2.45) is 0 Å². The first-order valence-electron chi connectivity index (χ1n) is 10.3. The number of nitrogens with zero attached hydrogens (tertiary/aromatic N) is 3. The molecule has 0 fully saturated rings. The zero-order valence-electron chi connectivity index (χ0n) is 17.7. The number of hydrogen-bond acceptors (Lipinski definition) is 5. The lowest BCUT2D eigenvalue weighted by Gasteiger charge is -2.11. The highest BCUT2D eigenvalue weighted by Gasteiger charge is 2.16. The summed E-state index contributed by atoms with van der Waals surface area (Å²) in [7, 11) is 0. The van der Waals surface area contributed by atoms with Crippen LogP contribution in [0, 0.1) is 13.8 Å². The van der Waals surface area contributed by atoms with Gasteiger partial charge in [0.1, 0.15) is 0 Å². The molecule has 0 radical (unpaired) electrons. The quantitative estimate of drug-likeness (QED) is 0.466. The Labute approximate surface area is 189 Å². The molecule has 0 atom stereocenters. The topological polar surface area (TPSA) is 77.8 Å². The average Bonchev–Trinajstić information content (AvgIpc) is 3.41. The van der Waals surface area contributed by atoms with E-state index in [4.69, 9.17) is 31.2 Å². The molecule has 2 aromatic carbocycles. The summed E-state index contributed by atoms with van der Waals surface area (Å²) in [6, 6.07) is 14.9. The van der Waals surface area contributed by atoms with Crippen molar-refractivity contribution >= 4 is 28.8 Å². The number of amides is 1. The van der Waals surface area contributed by atoms with Crippen LogP contribution < -0.4 is 14.8 Å². The van der Waals surface area contributed by atoms with Gasteiger partial charge in [-0.15, -0.1) is 0 Å². The number of carbonyl (C=O) groups excluding carboxylic acids is 1. The summed E-state index contributed by atoms with van der Waals surface area (Å²) < 4.78 is 12.5. The van der Waals surface area contributed by atoms with Crippen LogP contribution in [0.2, 0.25) is 5.02 Å². The Bertz CT molecular complexity index is 1330. The zero-order chi connectivity index (χ0) is 22.2. The van der Waals surface area contributed by atoms with E-state index in [1.807, 2.05) is 48.7 Å². The molecule has 0 bridgehead atoms. The molecule has 0 spiro atoms. The van der Waals surface area contributed by atoms with Crippen molar-refractivity contribution in [3.63, 3.8) is 0 Å². The fourth-order valence-corrected chi connectivity index (χ4v) is 4.01. The van der Waals surface area contributed by atoms with E-state index in [-0.39, 0.29) is 12.7 Å². The number of carbonyl (C=O) groups is 1. The number of rotatable bonds is 5. The third-order valence-corrected chi connectivity index (χ3v) is 5.81. The Hall–Kier alpha value is -3.58. The Morgan fingerprint density at radius 2 is 1.88 bits per heavy atom. The normalized spacial score (nSPS) is 12.3. The lowest BCUT2D eigenvalue weighted by molar-refractivity contribution is -0.116. The molecule has 1 amide bonds.